The molecule has 0 bridgehead atoms. The van der Waals surface area contributed by atoms with Crippen LogP contribution < -0.4 is 15.4 Å². The number of phenolic OH excluding ortho intramolecular Hbond substituents is 1. The second kappa shape index (κ2) is 8.00. The number of hydrogen-bond donors (Lipinski definition) is 2. The predicted octanol–water partition coefficient (Wildman–Crippen LogP) is 4.06. The molecule has 0 aliphatic carbocycles. The quantitative estimate of drug-likeness (QED) is 0.744. The van der Waals surface area contributed by atoms with E-state index < -0.39 is 0 Å². The van der Waals surface area contributed by atoms with Crippen molar-refractivity contribution in [1.29, 1.82) is 0 Å². The van der Waals surface area contributed by atoms with Gasteiger partial charge < -0.3 is 15.2 Å². The summed E-state index contributed by atoms with van der Waals surface area (Å²) in [5, 5.41) is 14.9. The maximum absolute atomic E-state index is 10.4. The van der Waals surface area contributed by atoms with Gasteiger partial charge in [0.15, 0.2) is 0 Å². The van der Waals surface area contributed by atoms with Crippen molar-refractivity contribution in [3.8, 4) is 11.5 Å². The molecule has 0 amide bonds. The summed E-state index contributed by atoms with van der Waals surface area (Å²) in [6.45, 7) is 7.38. The van der Waals surface area contributed by atoms with E-state index in [4.69, 9.17) is 4.74 Å². The lowest BCUT2D eigenvalue weighted by atomic mass is 9.96. The summed E-state index contributed by atoms with van der Waals surface area (Å²) < 4.78 is 5.36. The van der Waals surface area contributed by atoms with Crippen LogP contribution in [-0.4, -0.2) is 19.3 Å². The molecule has 2 aromatic carbocycles. The first kappa shape index (κ1) is 18.8. The molecule has 0 radical (unpaired) electrons. The smallest absolute Gasteiger partial charge is 0.119 e. The van der Waals surface area contributed by atoms with Crippen LogP contribution in [0, 0.1) is 6.92 Å². The third-order valence-electron chi connectivity index (χ3n) is 4.54. The summed E-state index contributed by atoms with van der Waals surface area (Å²) in [5.74, 6) is 1.13. The van der Waals surface area contributed by atoms with Crippen LogP contribution in [0.25, 0.3) is 0 Å². The molecule has 2 unspecified atom stereocenters. The molecule has 2 atom stereocenters. The summed E-state index contributed by atoms with van der Waals surface area (Å²) in [6.07, 6.45) is 0.943. The molecule has 3 nitrogen and oxygen atoms in total. The molecule has 2 rings (SSSR count). The average molecular weight is 345 g/mol. The van der Waals surface area contributed by atoms with Crippen molar-refractivity contribution < 1.29 is 9.84 Å². The van der Waals surface area contributed by atoms with E-state index >= 15 is 0 Å². The average Bonchev–Trinajstić information content (AvgIpc) is 2.58. The van der Waals surface area contributed by atoms with E-state index in [1.54, 1.807) is 19.2 Å². The summed E-state index contributed by atoms with van der Waals surface area (Å²) in [6, 6.07) is 12.2. The highest BCUT2D eigenvalue weighted by Gasteiger charge is 2.29. The number of benzene rings is 2. The highest BCUT2D eigenvalue weighted by molar-refractivity contribution is 7.48. The number of aryl methyl sites for hydroxylation is 1. The molecule has 4 heteroatoms. The van der Waals surface area contributed by atoms with Crippen molar-refractivity contribution in [2.24, 2.45) is 0 Å². The van der Waals surface area contributed by atoms with Gasteiger partial charge in [-0.15, -0.1) is 0 Å². The molecular weight excluding hydrogens is 317 g/mol. The first-order valence-corrected chi connectivity index (χ1v) is 9.33. The minimum Gasteiger partial charge on any atom is -0.508 e. The zero-order valence-electron chi connectivity index (χ0n) is 15.2. The Morgan fingerprint density at radius 1 is 1.21 bits per heavy atom. The van der Waals surface area contributed by atoms with Crippen molar-refractivity contribution in [1.82, 2.24) is 5.32 Å². The fraction of sp³-hybridized carbons (Fsp3) is 0.400. The lowest BCUT2D eigenvalue weighted by molar-refractivity contribution is 0.408. The number of phenols is 1. The van der Waals surface area contributed by atoms with Crippen LogP contribution in [-0.2, 0) is 11.7 Å². The zero-order chi connectivity index (χ0) is 17.7. The van der Waals surface area contributed by atoms with E-state index in [1.165, 1.54) is 16.4 Å². The van der Waals surface area contributed by atoms with Crippen LogP contribution in [0.1, 0.15) is 37.0 Å². The summed E-state index contributed by atoms with van der Waals surface area (Å²) in [5.41, 5.74) is 3.56. The molecule has 0 aliphatic heterocycles. The summed E-state index contributed by atoms with van der Waals surface area (Å²) >= 11 is 0. The van der Waals surface area contributed by atoms with Gasteiger partial charge in [-0.2, -0.15) is 0 Å². The molecular formula is C20H28NO2P. The second-order valence-electron chi connectivity index (χ2n) is 6.38. The van der Waals surface area contributed by atoms with E-state index in [1.807, 2.05) is 13.1 Å². The molecule has 0 heterocycles. The maximum atomic E-state index is 10.4. The Balaban J connectivity index is 2.45. The summed E-state index contributed by atoms with van der Waals surface area (Å²) in [4.78, 5) is 0. The van der Waals surface area contributed by atoms with Gasteiger partial charge in [-0.3, -0.25) is 0 Å². The Labute approximate surface area is 147 Å². The number of ether oxygens (including phenoxy) is 1. The maximum Gasteiger partial charge on any atom is 0.119 e. The van der Waals surface area contributed by atoms with E-state index in [-0.39, 0.29) is 5.16 Å². The Kier molecular flexibility index (Phi) is 6.26. The predicted molar refractivity (Wildman–Crippen MR) is 104 cm³/mol. The van der Waals surface area contributed by atoms with E-state index in [9.17, 15) is 5.11 Å². The first-order chi connectivity index (χ1) is 11.4. The third kappa shape index (κ3) is 4.09. The van der Waals surface area contributed by atoms with Gasteiger partial charge in [0.25, 0.3) is 0 Å². The standard InChI is InChI=1S/C20H28NO2P/c1-6-20(3,17-12-16(23-5)8-9-18(17)22)24-19-10-7-14(2)11-15(19)13-21-4/h7-12,21-22,24H,6,13H2,1-5H3. The van der Waals surface area contributed by atoms with Gasteiger partial charge in [0, 0.05) is 17.3 Å². The number of nitrogens with one attached hydrogen (secondary N) is 1. The fourth-order valence-corrected chi connectivity index (χ4v) is 4.50. The molecule has 0 spiro atoms. The van der Waals surface area contributed by atoms with Crippen molar-refractivity contribution in [3.63, 3.8) is 0 Å². The van der Waals surface area contributed by atoms with E-state index in [0.29, 0.717) is 14.3 Å². The summed E-state index contributed by atoms with van der Waals surface area (Å²) in [7, 11) is 4.20. The molecule has 2 N–H and O–H groups in total. The molecule has 24 heavy (non-hydrogen) atoms. The number of aromatic hydroxyl groups is 1. The lowest BCUT2D eigenvalue weighted by Gasteiger charge is -2.31. The minimum atomic E-state index is -0.129. The molecule has 0 saturated heterocycles. The van der Waals surface area contributed by atoms with Crippen LogP contribution in [0.15, 0.2) is 36.4 Å². The molecule has 0 aliphatic rings. The van der Waals surface area contributed by atoms with Crippen molar-refractivity contribution in [3.05, 3.63) is 53.1 Å². The Morgan fingerprint density at radius 3 is 2.58 bits per heavy atom. The van der Waals surface area contributed by atoms with Crippen molar-refractivity contribution >= 4 is 13.9 Å². The van der Waals surface area contributed by atoms with Crippen LogP contribution in [0.4, 0.5) is 0 Å². The first-order valence-electron chi connectivity index (χ1n) is 8.33. The highest BCUT2D eigenvalue weighted by Crippen LogP contribution is 2.48. The number of hydrogen-bond acceptors (Lipinski definition) is 3. The Hall–Kier alpha value is -1.57. The number of rotatable bonds is 7. The molecule has 0 aromatic heterocycles. The largest absolute Gasteiger partial charge is 0.508 e. The third-order valence-corrected chi connectivity index (χ3v) is 6.48. The fourth-order valence-electron chi connectivity index (χ4n) is 2.91. The van der Waals surface area contributed by atoms with Gasteiger partial charge in [-0.05, 0) is 49.5 Å². The minimum absolute atomic E-state index is 0.129. The van der Waals surface area contributed by atoms with Crippen molar-refractivity contribution in [2.45, 2.75) is 38.9 Å². The van der Waals surface area contributed by atoms with Crippen molar-refractivity contribution in [2.75, 3.05) is 14.2 Å². The SMILES string of the molecule is CCC(C)(Pc1ccc(C)cc1CNC)c1cc(OC)ccc1O. The molecule has 2 aromatic rings. The van der Waals surface area contributed by atoms with Gasteiger partial charge in [-0.25, -0.2) is 0 Å². The lowest BCUT2D eigenvalue weighted by Crippen LogP contribution is -2.22. The van der Waals surface area contributed by atoms with Gasteiger partial charge in [0.2, 0.25) is 0 Å². The zero-order valence-corrected chi connectivity index (χ0v) is 16.2. The monoisotopic (exact) mass is 345 g/mol. The van der Waals surface area contributed by atoms with E-state index in [0.717, 1.165) is 24.3 Å². The van der Waals surface area contributed by atoms with Gasteiger partial charge in [-0.1, -0.05) is 46.2 Å². The number of methoxy groups -OCH3 is 1. The second-order valence-corrected chi connectivity index (χ2v) is 8.28. The van der Waals surface area contributed by atoms with Crippen LogP contribution >= 0.6 is 8.58 Å². The normalized spacial score (nSPS) is 14.0. The molecule has 130 valence electrons. The van der Waals surface area contributed by atoms with Gasteiger partial charge in [0.05, 0.1) is 7.11 Å². The van der Waals surface area contributed by atoms with E-state index in [2.05, 4.69) is 44.3 Å². The van der Waals surface area contributed by atoms with Crippen LogP contribution in [0.5, 0.6) is 11.5 Å². The topological polar surface area (TPSA) is 41.5 Å². The Bertz CT molecular complexity index is 702. The molecule has 0 saturated carbocycles. The molecule has 0 fully saturated rings. The van der Waals surface area contributed by atoms with Crippen LogP contribution in [0.3, 0.4) is 0 Å². The van der Waals surface area contributed by atoms with Crippen LogP contribution in [0.2, 0.25) is 0 Å². The Morgan fingerprint density at radius 2 is 1.96 bits per heavy atom. The van der Waals surface area contributed by atoms with Gasteiger partial charge in [0.1, 0.15) is 11.5 Å². The van der Waals surface area contributed by atoms with Gasteiger partial charge >= 0.3 is 0 Å². The highest BCUT2D eigenvalue weighted by atomic mass is 31.1.